The van der Waals surface area contributed by atoms with Gasteiger partial charge in [-0.25, -0.2) is 9.67 Å². The summed E-state index contributed by atoms with van der Waals surface area (Å²) in [5, 5.41) is 5.62. The first kappa shape index (κ1) is 21.8. The number of aromatic nitrogens is 3. The van der Waals surface area contributed by atoms with Gasteiger partial charge in [-0.05, 0) is 32.0 Å². The molecule has 3 heterocycles. The van der Waals surface area contributed by atoms with E-state index < -0.39 is 35.1 Å². The third kappa shape index (κ3) is 3.89. The Morgan fingerprint density at radius 3 is 2.53 bits per heavy atom. The fourth-order valence-electron chi connectivity index (χ4n) is 2.77. The Morgan fingerprint density at radius 1 is 1.27 bits per heavy atom. The highest BCUT2D eigenvalue weighted by Crippen LogP contribution is 2.45. The number of amides is 1. The number of carbonyl (C=O) groups excluding carboxylic acids is 1. The lowest BCUT2D eigenvalue weighted by Crippen LogP contribution is -2.38. The van der Waals surface area contributed by atoms with E-state index in [1.165, 1.54) is 12.1 Å². The van der Waals surface area contributed by atoms with Crippen LogP contribution in [0, 0.1) is 13.8 Å². The lowest BCUT2D eigenvalue weighted by Gasteiger charge is -2.22. The van der Waals surface area contributed by atoms with Crippen LogP contribution in [0.15, 0.2) is 35.0 Å². The van der Waals surface area contributed by atoms with E-state index >= 15 is 0 Å². The van der Waals surface area contributed by atoms with E-state index in [2.05, 4.69) is 15.4 Å². The number of rotatable bonds is 5. The molecule has 0 saturated heterocycles. The van der Waals surface area contributed by atoms with Crippen molar-refractivity contribution < 1.29 is 31.2 Å². The lowest BCUT2D eigenvalue weighted by atomic mass is 10.1. The minimum atomic E-state index is -5.99. The first-order valence-corrected chi connectivity index (χ1v) is 8.79. The molecule has 0 atom stereocenters. The highest BCUT2D eigenvalue weighted by atomic mass is 35.5. The zero-order chi connectivity index (χ0) is 22.3. The Balaban J connectivity index is 2.05. The van der Waals surface area contributed by atoms with Gasteiger partial charge in [0.1, 0.15) is 17.2 Å². The number of nitrogens with one attached hydrogen (secondary N) is 1. The van der Waals surface area contributed by atoms with Crippen molar-refractivity contribution in [3.8, 4) is 5.82 Å². The maximum atomic E-state index is 14.4. The molecule has 1 N–H and O–H groups in total. The average molecular weight is 449 g/mol. The molecule has 0 aliphatic rings. The van der Waals surface area contributed by atoms with Crippen LogP contribution >= 0.6 is 11.6 Å². The third-order valence-electron chi connectivity index (χ3n) is 4.19. The van der Waals surface area contributed by atoms with Gasteiger partial charge in [0.05, 0.1) is 16.8 Å². The van der Waals surface area contributed by atoms with Crippen molar-refractivity contribution in [2.75, 3.05) is 0 Å². The van der Waals surface area contributed by atoms with Crippen LogP contribution in [0.1, 0.15) is 33.1 Å². The van der Waals surface area contributed by atoms with Crippen LogP contribution in [0.4, 0.5) is 22.0 Å². The maximum Gasteiger partial charge on any atom is 0.459 e. The fourth-order valence-corrected chi connectivity index (χ4v) is 2.98. The number of carbonyl (C=O) groups is 1. The van der Waals surface area contributed by atoms with Gasteiger partial charge in [-0.1, -0.05) is 11.6 Å². The number of aryl methyl sites for hydroxylation is 2. The Hall–Kier alpha value is -2.95. The molecule has 0 aliphatic carbocycles. The summed E-state index contributed by atoms with van der Waals surface area (Å²) in [7, 11) is 0. The lowest BCUT2D eigenvalue weighted by molar-refractivity contribution is -0.291. The molecule has 160 valence electrons. The van der Waals surface area contributed by atoms with Crippen LogP contribution in [-0.4, -0.2) is 26.8 Å². The number of furan rings is 1. The number of halogens is 6. The summed E-state index contributed by atoms with van der Waals surface area (Å²) >= 11 is 5.88. The van der Waals surface area contributed by atoms with Crippen LogP contribution in [0.2, 0.25) is 5.02 Å². The second kappa shape index (κ2) is 7.71. The number of pyridine rings is 1. The van der Waals surface area contributed by atoms with Gasteiger partial charge < -0.3 is 9.73 Å². The molecule has 30 heavy (non-hydrogen) atoms. The van der Waals surface area contributed by atoms with Gasteiger partial charge in [0.15, 0.2) is 5.82 Å². The molecule has 6 nitrogen and oxygen atoms in total. The molecule has 0 radical (unpaired) electrons. The fraction of sp³-hybridized carbons (Fsp3) is 0.278. The predicted molar refractivity (Wildman–Crippen MR) is 95.7 cm³/mol. The van der Waals surface area contributed by atoms with E-state index in [-0.39, 0.29) is 16.2 Å². The molecule has 0 fully saturated rings. The van der Waals surface area contributed by atoms with Gasteiger partial charge in [0, 0.05) is 18.3 Å². The molecule has 0 saturated carbocycles. The standard InChI is InChI=1S/C18H14ClF5N4O2/c1-9-6-11(10(2)30-9)7-26-16(29)12-8-27-28(15-13(19)4-3-5-25-15)14(12)17(20,21)18(22,23)24/h3-6,8H,7H2,1-2H3,(H,26,29). The smallest absolute Gasteiger partial charge is 0.459 e. The van der Waals surface area contributed by atoms with Gasteiger partial charge in [0.2, 0.25) is 0 Å². The second-order valence-corrected chi connectivity index (χ2v) is 6.73. The van der Waals surface area contributed by atoms with E-state index in [1.807, 2.05) is 0 Å². The summed E-state index contributed by atoms with van der Waals surface area (Å²) in [5.74, 6) is -6.02. The molecule has 1 amide bonds. The molecular formula is C18H14ClF5N4O2. The van der Waals surface area contributed by atoms with Crippen LogP contribution in [0.3, 0.4) is 0 Å². The summed E-state index contributed by atoms with van der Waals surface area (Å²) in [6.45, 7) is 3.15. The molecule has 3 rings (SSSR count). The van der Waals surface area contributed by atoms with E-state index in [4.69, 9.17) is 16.0 Å². The summed E-state index contributed by atoms with van der Waals surface area (Å²) < 4.78 is 73.7. The van der Waals surface area contributed by atoms with Crippen molar-refractivity contribution in [3.05, 3.63) is 64.0 Å². The van der Waals surface area contributed by atoms with Crippen LogP contribution in [0.5, 0.6) is 0 Å². The minimum Gasteiger partial charge on any atom is -0.466 e. The zero-order valence-electron chi connectivity index (χ0n) is 15.5. The van der Waals surface area contributed by atoms with E-state index in [0.717, 1.165) is 6.20 Å². The summed E-state index contributed by atoms with van der Waals surface area (Å²) in [5.41, 5.74) is -2.10. The largest absolute Gasteiger partial charge is 0.466 e. The number of hydrogen-bond acceptors (Lipinski definition) is 4. The summed E-state index contributed by atoms with van der Waals surface area (Å²) in [6, 6.07) is 4.21. The number of alkyl halides is 5. The Bertz CT molecular complexity index is 1090. The third-order valence-corrected chi connectivity index (χ3v) is 4.49. The van der Waals surface area contributed by atoms with Gasteiger partial charge in [-0.3, -0.25) is 4.79 Å². The van der Waals surface area contributed by atoms with E-state index in [1.54, 1.807) is 19.9 Å². The van der Waals surface area contributed by atoms with Crippen molar-refractivity contribution in [3.63, 3.8) is 0 Å². The second-order valence-electron chi connectivity index (χ2n) is 6.32. The molecule has 0 aromatic carbocycles. The molecular weight excluding hydrogens is 435 g/mol. The van der Waals surface area contributed by atoms with Crippen molar-refractivity contribution in [1.29, 1.82) is 0 Å². The highest BCUT2D eigenvalue weighted by Gasteiger charge is 2.62. The molecule has 0 bridgehead atoms. The van der Waals surface area contributed by atoms with Crippen LogP contribution in [0.25, 0.3) is 5.82 Å². The summed E-state index contributed by atoms with van der Waals surface area (Å²) in [6.07, 6.45) is -4.23. The Kier molecular flexibility index (Phi) is 5.59. The van der Waals surface area contributed by atoms with E-state index in [9.17, 15) is 26.7 Å². The van der Waals surface area contributed by atoms with Crippen molar-refractivity contribution in [1.82, 2.24) is 20.1 Å². The Morgan fingerprint density at radius 2 is 1.97 bits per heavy atom. The van der Waals surface area contributed by atoms with Crippen LogP contribution in [-0.2, 0) is 12.5 Å². The minimum absolute atomic E-state index is 0.144. The first-order valence-electron chi connectivity index (χ1n) is 8.41. The quantitative estimate of drug-likeness (QED) is 0.573. The zero-order valence-corrected chi connectivity index (χ0v) is 16.3. The van der Waals surface area contributed by atoms with Gasteiger partial charge in [-0.2, -0.15) is 27.1 Å². The van der Waals surface area contributed by atoms with Crippen molar-refractivity contribution in [2.24, 2.45) is 0 Å². The molecule has 0 spiro atoms. The van der Waals surface area contributed by atoms with Crippen LogP contribution < -0.4 is 5.32 Å². The SMILES string of the molecule is Cc1cc(CNC(=O)c2cnn(-c3ncccc3Cl)c2C(F)(F)C(F)(F)F)c(C)o1. The molecule has 3 aromatic heterocycles. The molecule has 0 aliphatic heterocycles. The summed E-state index contributed by atoms with van der Waals surface area (Å²) in [4.78, 5) is 16.2. The van der Waals surface area contributed by atoms with Gasteiger partial charge in [-0.15, -0.1) is 0 Å². The number of hydrogen-bond donors (Lipinski definition) is 1. The molecule has 3 aromatic rings. The monoisotopic (exact) mass is 448 g/mol. The Labute approximate surface area is 171 Å². The first-order chi connectivity index (χ1) is 13.9. The van der Waals surface area contributed by atoms with Crippen molar-refractivity contribution in [2.45, 2.75) is 32.5 Å². The van der Waals surface area contributed by atoms with E-state index in [0.29, 0.717) is 23.3 Å². The highest BCUT2D eigenvalue weighted by molar-refractivity contribution is 6.32. The average Bonchev–Trinajstić information content (AvgIpc) is 3.22. The topological polar surface area (TPSA) is 73.0 Å². The van der Waals surface area contributed by atoms with Gasteiger partial charge >= 0.3 is 12.1 Å². The van der Waals surface area contributed by atoms with Gasteiger partial charge in [0.25, 0.3) is 5.91 Å². The molecule has 12 heteroatoms. The molecule has 0 unspecified atom stereocenters. The normalized spacial score (nSPS) is 12.3. The van der Waals surface area contributed by atoms with Crippen molar-refractivity contribution >= 4 is 17.5 Å². The predicted octanol–water partition coefficient (Wildman–Crippen LogP) is 4.71. The number of nitrogens with zero attached hydrogens (tertiary/aromatic N) is 3. The maximum absolute atomic E-state index is 14.4.